The van der Waals surface area contributed by atoms with Gasteiger partial charge in [-0.3, -0.25) is 0 Å². The van der Waals surface area contributed by atoms with Gasteiger partial charge in [-0.15, -0.1) is 0 Å². The summed E-state index contributed by atoms with van der Waals surface area (Å²) in [6, 6.07) is 6.17. The average Bonchev–Trinajstić information content (AvgIpc) is 2.52. The van der Waals surface area contributed by atoms with E-state index in [4.69, 9.17) is 15.2 Å². The summed E-state index contributed by atoms with van der Waals surface area (Å²) < 4.78 is 11.5. The van der Waals surface area contributed by atoms with Crippen LogP contribution in [-0.4, -0.2) is 13.2 Å². The fourth-order valence-corrected chi connectivity index (χ4v) is 3.03. The van der Waals surface area contributed by atoms with Gasteiger partial charge in [0.15, 0.2) is 0 Å². The van der Waals surface area contributed by atoms with Gasteiger partial charge < -0.3 is 15.2 Å². The second-order valence-corrected chi connectivity index (χ2v) is 5.72. The van der Waals surface area contributed by atoms with Crippen molar-refractivity contribution in [2.45, 2.75) is 58.3 Å². The van der Waals surface area contributed by atoms with Crippen molar-refractivity contribution in [1.82, 2.24) is 0 Å². The van der Waals surface area contributed by atoms with Gasteiger partial charge in [0.25, 0.3) is 0 Å². The second kappa shape index (κ2) is 7.65. The van der Waals surface area contributed by atoms with Crippen LogP contribution in [0.2, 0.25) is 0 Å². The molecule has 2 unspecified atom stereocenters. The molecule has 112 valence electrons. The normalized spacial score (nSPS) is 22.8. The van der Waals surface area contributed by atoms with Gasteiger partial charge in [0.1, 0.15) is 5.75 Å². The quantitative estimate of drug-likeness (QED) is 0.863. The average molecular weight is 277 g/mol. The predicted molar refractivity (Wildman–Crippen MR) is 81.7 cm³/mol. The zero-order valence-electron chi connectivity index (χ0n) is 12.7. The van der Waals surface area contributed by atoms with E-state index in [0.717, 1.165) is 22.8 Å². The molecule has 0 amide bonds. The lowest BCUT2D eigenvalue weighted by Crippen LogP contribution is -2.22. The molecule has 3 heteroatoms. The minimum Gasteiger partial charge on any atom is -0.496 e. The molecule has 20 heavy (non-hydrogen) atoms. The molecule has 0 bridgehead atoms. The van der Waals surface area contributed by atoms with Crippen molar-refractivity contribution in [2.75, 3.05) is 7.11 Å². The van der Waals surface area contributed by atoms with E-state index in [1.54, 1.807) is 7.11 Å². The van der Waals surface area contributed by atoms with Crippen LogP contribution in [-0.2, 0) is 17.9 Å². The van der Waals surface area contributed by atoms with Crippen LogP contribution in [0.25, 0.3) is 0 Å². The molecule has 2 atom stereocenters. The molecule has 1 aromatic carbocycles. The van der Waals surface area contributed by atoms with Crippen LogP contribution in [0, 0.1) is 5.92 Å². The van der Waals surface area contributed by atoms with Gasteiger partial charge in [0.2, 0.25) is 0 Å². The third kappa shape index (κ3) is 3.97. The fourth-order valence-electron chi connectivity index (χ4n) is 3.03. The molecular formula is C17H27NO2. The number of rotatable bonds is 6. The van der Waals surface area contributed by atoms with E-state index in [-0.39, 0.29) is 0 Å². The number of hydrogen-bond acceptors (Lipinski definition) is 3. The highest BCUT2D eigenvalue weighted by Crippen LogP contribution is 2.29. The highest BCUT2D eigenvalue weighted by Gasteiger charge is 2.21. The number of benzene rings is 1. The van der Waals surface area contributed by atoms with Crippen LogP contribution in [0.3, 0.4) is 0 Å². The van der Waals surface area contributed by atoms with E-state index < -0.39 is 0 Å². The Balaban J connectivity index is 1.90. The molecule has 1 fully saturated rings. The highest BCUT2D eigenvalue weighted by atomic mass is 16.5. The van der Waals surface area contributed by atoms with Gasteiger partial charge in [0.05, 0.1) is 19.8 Å². The van der Waals surface area contributed by atoms with Crippen molar-refractivity contribution in [1.29, 1.82) is 0 Å². The lowest BCUT2D eigenvalue weighted by atomic mass is 9.85. The summed E-state index contributed by atoms with van der Waals surface area (Å²) in [6.45, 7) is 3.46. The van der Waals surface area contributed by atoms with Crippen molar-refractivity contribution in [3.63, 3.8) is 0 Å². The summed E-state index contributed by atoms with van der Waals surface area (Å²) in [7, 11) is 1.69. The van der Waals surface area contributed by atoms with Crippen LogP contribution in [0.4, 0.5) is 0 Å². The number of hydrogen-bond donors (Lipinski definition) is 1. The molecule has 1 saturated carbocycles. The van der Waals surface area contributed by atoms with Crippen molar-refractivity contribution < 1.29 is 9.47 Å². The summed E-state index contributed by atoms with van der Waals surface area (Å²) >= 11 is 0. The first-order valence-corrected chi connectivity index (χ1v) is 7.74. The first kappa shape index (κ1) is 15.3. The molecule has 2 N–H and O–H groups in total. The molecule has 1 aromatic rings. The molecule has 0 aliphatic heterocycles. The van der Waals surface area contributed by atoms with Gasteiger partial charge in [-0.05, 0) is 30.4 Å². The minimum atomic E-state index is 0.425. The Morgan fingerprint density at radius 3 is 2.85 bits per heavy atom. The zero-order valence-corrected chi connectivity index (χ0v) is 12.7. The Bertz CT molecular complexity index is 419. The van der Waals surface area contributed by atoms with E-state index in [9.17, 15) is 0 Å². The lowest BCUT2D eigenvalue weighted by Gasteiger charge is -2.28. The maximum absolute atomic E-state index is 6.09. The second-order valence-electron chi connectivity index (χ2n) is 5.72. The molecule has 0 heterocycles. The largest absolute Gasteiger partial charge is 0.496 e. The van der Waals surface area contributed by atoms with Crippen molar-refractivity contribution in [2.24, 2.45) is 11.7 Å². The molecule has 0 radical (unpaired) electrons. The molecule has 2 rings (SSSR count). The monoisotopic (exact) mass is 277 g/mol. The van der Waals surface area contributed by atoms with Crippen LogP contribution in [0.1, 0.15) is 50.2 Å². The van der Waals surface area contributed by atoms with Crippen molar-refractivity contribution in [3.05, 3.63) is 29.3 Å². The van der Waals surface area contributed by atoms with E-state index in [2.05, 4.69) is 13.0 Å². The Morgan fingerprint density at radius 2 is 2.15 bits per heavy atom. The van der Waals surface area contributed by atoms with E-state index in [0.29, 0.717) is 19.3 Å². The molecule has 1 aliphatic rings. The Kier molecular flexibility index (Phi) is 5.86. The standard InChI is InChI=1S/C17H27NO2/c1-3-13-5-4-6-16(9-13)20-12-14-7-8-15(11-18)17(10-14)19-2/h7-8,10,13,16H,3-6,9,11-12,18H2,1-2H3. The lowest BCUT2D eigenvalue weighted by molar-refractivity contribution is 0.00170. The zero-order chi connectivity index (χ0) is 14.4. The summed E-state index contributed by atoms with van der Waals surface area (Å²) in [5.74, 6) is 1.71. The highest BCUT2D eigenvalue weighted by molar-refractivity contribution is 5.37. The van der Waals surface area contributed by atoms with Gasteiger partial charge in [0, 0.05) is 12.1 Å². The van der Waals surface area contributed by atoms with Crippen molar-refractivity contribution >= 4 is 0 Å². The topological polar surface area (TPSA) is 44.5 Å². The van der Waals surface area contributed by atoms with Gasteiger partial charge in [-0.2, -0.15) is 0 Å². The maximum atomic E-state index is 6.09. The van der Waals surface area contributed by atoms with E-state index >= 15 is 0 Å². The summed E-state index contributed by atoms with van der Waals surface area (Å²) in [5, 5.41) is 0. The summed E-state index contributed by atoms with van der Waals surface area (Å²) in [5.41, 5.74) is 7.89. The van der Waals surface area contributed by atoms with Gasteiger partial charge in [-0.25, -0.2) is 0 Å². The number of nitrogens with two attached hydrogens (primary N) is 1. The Morgan fingerprint density at radius 1 is 1.30 bits per heavy atom. The maximum Gasteiger partial charge on any atom is 0.123 e. The van der Waals surface area contributed by atoms with E-state index in [1.165, 1.54) is 32.1 Å². The van der Waals surface area contributed by atoms with Gasteiger partial charge in [-0.1, -0.05) is 38.3 Å². The molecule has 0 spiro atoms. The molecule has 0 saturated heterocycles. The third-order valence-corrected chi connectivity index (χ3v) is 4.37. The summed E-state index contributed by atoms with van der Waals surface area (Å²) in [6.07, 6.45) is 6.80. The Hall–Kier alpha value is -1.06. The number of ether oxygens (including phenoxy) is 2. The SMILES string of the molecule is CCC1CCCC(OCc2ccc(CN)c(OC)c2)C1. The molecular weight excluding hydrogens is 250 g/mol. The Labute approximate surface area is 122 Å². The number of methoxy groups -OCH3 is 1. The smallest absolute Gasteiger partial charge is 0.123 e. The van der Waals surface area contributed by atoms with E-state index in [1.807, 2.05) is 12.1 Å². The van der Waals surface area contributed by atoms with Crippen LogP contribution in [0.5, 0.6) is 5.75 Å². The summed E-state index contributed by atoms with van der Waals surface area (Å²) in [4.78, 5) is 0. The first-order valence-electron chi connectivity index (χ1n) is 7.74. The fraction of sp³-hybridized carbons (Fsp3) is 0.647. The molecule has 0 aromatic heterocycles. The molecule has 3 nitrogen and oxygen atoms in total. The van der Waals surface area contributed by atoms with Crippen LogP contribution in [0.15, 0.2) is 18.2 Å². The molecule has 1 aliphatic carbocycles. The minimum absolute atomic E-state index is 0.425. The van der Waals surface area contributed by atoms with Gasteiger partial charge >= 0.3 is 0 Å². The van der Waals surface area contributed by atoms with Crippen LogP contribution < -0.4 is 10.5 Å². The predicted octanol–water partition coefficient (Wildman–Crippen LogP) is 3.64. The van der Waals surface area contributed by atoms with Crippen molar-refractivity contribution in [3.8, 4) is 5.75 Å². The first-order chi connectivity index (χ1) is 9.76. The third-order valence-electron chi connectivity index (χ3n) is 4.37. The van der Waals surface area contributed by atoms with Crippen LogP contribution >= 0.6 is 0 Å².